The Bertz CT molecular complexity index is 814. The molecule has 1 fully saturated rings. The molecule has 2 aromatic rings. The number of amides is 1. The molecule has 6 nitrogen and oxygen atoms in total. The molecule has 0 atom stereocenters. The fourth-order valence-corrected chi connectivity index (χ4v) is 3.65. The normalized spacial score (nSPS) is 16.2. The van der Waals surface area contributed by atoms with Gasteiger partial charge in [-0.25, -0.2) is 0 Å². The standard InChI is InChI=1S/C22H26N2O4/c1-26-19-6-2-17(3-7-19)5-9-22(25)24-12-10-23(11-13-24)15-18-4-8-20-21(14-18)28-16-27-20/h2-4,6-8,14H,5,9-13,15-16H2,1H3. The number of rotatable bonds is 6. The average molecular weight is 382 g/mol. The van der Waals surface area contributed by atoms with Crippen LogP contribution in [-0.2, 0) is 17.8 Å². The molecule has 1 saturated heterocycles. The van der Waals surface area contributed by atoms with Gasteiger partial charge >= 0.3 is 0 Å². The summed E-state index contributed by atoms with van der Waals surface area (Å²) in [5.74, 6) is 2.72. The van der Waals surface area contributed by atoms with E-state index >= 15 is 0 Å². The van der Waals surface area contributed by atoms with Crippen LogP contribution in [0.3, 0.4) is 0 Å². The van der Waals surface area contributed by atoms with Crippen LogP contribution in [0.1, 0.15) is 17.5 Å². The summed E-state index contributed by atoms with van der Waals surface area (Å²) in [5.41, 5.74) is 2.37. The van der Waals surface area contributed by atoms with Gasteiger partial charge in [-0.2, -0.15) is 0 Å². The molecule has 0 bridgehead atoms. The van der Waals surface area contributed by atoms with Crippen molar-refractivity contribution in [1.82, 2.24) is 9.80 Å². The first-order valence-electron chi connectivity index (χ1n) is 9.73. The van der Waals surface area contributed by atoms with E-state index in [0.29, 0.717) is 13.2 Å². The quantitative estimate of drug-likeness (QED) is 0.769. The van der Waals surface area contributed by atoms with E-state index in [4.69, 9.17) is 14.2 Å². The molecule has 0 saturated carbocycles. The Morgan fingerprint density at radius 3 is 2.43 bits per heavy atom. The Kier molecular flexibility index (Phi) is 5.67. The molecule has 2 aromatic carbocycles. The number of ether oxygens (including phenoxy) is 3. The molecular weight excluding hydrogens is 356 g/mol. The Morgan fingerprint density at radius 2 is 1.68 bits per heavy atom. The fraction of sp³-hybridized carbons (Fsp3) is 0.409. The Morgan fingerprint density at radius 1 is 0.964 bits per heavy atom. The Balaban J connectivity index is 1.22. The number of piperazine rings is 1. The first kappa shape index (κ1) is 18.6. The van der Waals surface area contributed by atoms with Crippen molar-refractivity contribution in [2.24, 2.45) is 0 Å². The van der Waals surface area contributed by atoms with Crippen LogP contribution in [-0.4, -0.2) is 55.8 Å². The molecule has 2 aliphatic heterocycles. The second kappa shape index (κ2) is 8.52. The predicted molar refractivity (Wildman–Crippen MR) is 106 cm³/mol. The van der Waals surface area contributed by atoms with Gasteiger partial charge < -0.3 is 19.1 Å². The molecule has 148 valence electrons. The van der Waals surface area contributed by atoms with E-state index in [9.17, 15) is 4.79 Å². The highest BCUT2D eigenvalue weighted by Crippen LogP contribution is 2.32. The lowest BCUT2D eigenvalue weighted by Crippen LogP contribution is -2.48. The number of fused-ring (bicyclic) bond motifs is 1. The highest BCUT2D eigenvalue weighted by molar-refractivity contribution is 5.76. The largest absolute Gasteiger partial charge is 0.497 e. The van der Waals surface area contributed by atoms with Crippen molar-refractivity contribution in [3.05, 3.63) is 53.6 Å². The van der Waals surface area contributed by atoms with Crippen molar-refractivity contribution in [2.45, 2.75) is 19.4 Å². The third-order valence-corrected chi connectivity index (χ3v) is 5.35. The molecule has 0 aliphatic carbocycles. The molecule has 0 N–H and O–H groups in total. The molecule has 0 spiro atoms. The van der Waals surface area contributed by atoms with E-state index in [2.05, 4.69) is 17.0 Å². The maximum absolute atomic E-state index is 12.5. The molecule has 0 aromatic heterocycles. The molecule has 28 heavy (non-hydrogen) atoms. The van der Waals surface area contributed by atoms with Crippen molar-refractivity contribution in [2.75, 3.05) is 40.1 Å². The predicted octanol–water partition coefficient (Wildman–Crippen LogP) is 2.70. The minimum atomic E-state index is 0.235. The average Bonchev–Trinajstić information content (AvgIpc) is 3.21. The SMILES string of the molecule is COc1ccc(CCC(=O)N2CCN(Cc3ccc4c(c3)OCO4)CC2)cc1. The second-order valence-electron chi connectivity index (χ2n) is 7.19. The van der Waals surface area contributed by atoms with Gasteiger partial charge in [-0.1, -0.05) is 18.2 Å². The van der Waals surface area contributed by atoms with E-state index in [-0.39, 0.29) is 5.91 Å². The lowest BCUT2D eigenvalue weighted by Gasteiger charge is -2.34. The Labute approximate surface area is 165 Å². The zero-order chi connectivity index (χ0) is 19.3. The van der Waals surface area contributed by atoms with E-state index < -0.39 is 0 Å². The van der Waals surface area contributed by atoms with Gasteiger partial charge in [0.05, 0.1) is 7.11 Å². The second-order valence-corrected chi connectivity index (χ2v) is 7.19. The van der Waals surface area contributed by atoms with Crippen molar-refractivity contribution in [3.8, 4) is 17.2 Å². The maximum atomic E-state index is 12.5. The highest BCUT2D eigenvalue weighted by atomic mass is 16.7. The highest BCUT2D eigenvalue weighted by Gasteiger charge is 2.21. The van der Waals surface area contributed by atoms with Gasteiger partial charge in [-0.15, -0.1) is 0 Å². The minimum Gasteiger partial charge on any atom is -0.497 e. The van der Waals surface area contributed by atoms with Crippen LogP contribution in [0, 0.1) is 0 Å². The molecule has 1 amide bonds. The van der Waals surface area contributed by atoms with Crippen LogP contribution in [0.5, 0.6) is 17.2 Å². The number of benzene rings is 2. The van der Waals surface area contributed by atoms with Crippen LogP contribution in [0.2, 0.25) is 0 Å². The summed E-state index contributed by atoms with van der Waals surface area (Å²) in [6.45, 7) is 4.52. The zero-order valence-corrected chi connectivity index (χ0v) is 16.2. The van der Waals surface area contributed by atoms with E-state index in [1.54, 1.807) is 7.11 Å². The molecule has 0 radical (unpaired) electrons. The maximum Gasteiger partial charge on any atom is 0.231 e. The van der Waals surface area contributed by atoms with Crippen LogP contribution < -0.4 is 14.2 Å². The number of methoxy groups -OCH3 is 1. The molecule has 2 heterocycles. The molecule has 2 aliphatic rings. The van der Waals surface area contributed by atoms with E-state index in [0.717, 1.165) is 62.0 Å². The summed E-state index contributed by atoms with van der Waals surface area (Å²) in [6, 6.07) is 14.0. The number of carbonyl (C=O) groups excluding carboxylic acids is 1. The zero-order valence-electron chi connectivity index (χ0n) is 16.2. The van der Waals surface area contributed by atoms with Crippen molar-refractivity contribution >= 4 is 5.91 Å². The topological polar surface area (TPSA) is 51.2 Å². The summed E-state index contributed by atoms with van der Waals surface area (Å²) in [4.78, 5) is 16.9. The van der Waals surface area contributed by atoms with Crippen LogP contribution >= 0.6 is 0 Å². The first-order chi connectivity index (χ1) is 13.7. The number of hydrogen-bond acceptors (Lipinski definition) is 5. The molecule has 6 heteroatoms. The number of carbonyl (C=O) groups is 1. The molecule has 4 rings (SSSR count). The van der Waals surface area contributed by atoms with Gasteiger partial charge in [0.15, 0.2) is 11.5 Å². The van der Waals surface area contributed by atoms with Gasteiger partial charge in [0.2, 0.25) is 12.7 Å². The van der Waals surface area contributed by atoms with Crippen molar-refractivity contribution in [1.29, 1.82) is 0 Å². The number of aryl methyl sites for hydroxylation is 1. The fourth-order valence-electron chi connectivity index (χ4n) is 3.65. The van der Waals surface area contributed by atoms with Crippen molar-refractivity contribution in [3.63, 3.8) is 0 Å². The summed E-state index contributed by atoms with van der Waals surface area (Å²) in [5, 5.41) is 0. The third-order valence-electron chi connectivity index (χ3n) is 5.35. The van der Waals surface area contributed by atoms with E-state index in [1.807, 2.05) is 35.2 Å². The third kappa shape index (κ3) is 4.39. The van der Waals surface area contributed by atoms with Gasteiger partial charge in [0.25, 0.3) is 0 Å². The smallest absolute Gasteiger partial charge is 0.231 e. The van der Waals surface area contributed by atoms with Gasteiger partial charge in [0, 0.05) is 39.1 Å². The minimum absolute atomic E-state index is 0.235. The lowest BCUT2D eigenvalue weighted by atomic mass is 10.1. The van der Waals surface area contributed by atoms with Crippen LogP contribution in [0.15, 0.2) is 42.5 Å². The number of hydrogen-bond donors (Lipinski definition) is 0. The lowest BCUT2D eigenvalue weighted by molar-refractivity contribution is -0.133. The van der Waals surface area contributed by atoms with Gasteiger partial charge in [0.1, 0.15) is 5.75 Å². The molecule has 0 unspecified atom stereocenters. The molecular formula is C22H26N2O4. The summed E-state index contributed by atoms with van der Waals surface area (Å²) < 4.78 is 16.0. The first-order valence-corrected chi connectivity index (χ1v) is 9.73. The van der Waals surface area contributed by atoms with Gasteiger partial charge in [-0.3, -0.25) is 9.69 Å². The summed E-state index contributed by atoms with van der Waals surface area (Å²) in [6.07, 6.45) is 1.31. The summed E-state index contributed by atoms with van der Waals surface area (Å²) in [7, 11) is 1.66. The van der Waals surface area contributed by atoms with Gasteiger partial charge in [-0.05, 0) is 41.8 Å². The van der Waals surface area contributed by atoms with Crippen LogP contribution in [0.25, 0.3) is 0 Å². The van der Waals surface area contributed by atoms with Crippen molar-refractivity contribution < 1.29 is 19.0 Å². The summed E-state index contributed by atoms with van der Waals surface area (Å²) >= 11 is 0. The Hall–Kier alpha value is -2.73. The van der Waals surface area contributed by atoms with Crippen LogP contribution in [0.4, 0.5) is 0 Å². The number of nitrogens with zero attached hydrogens (tertiary/aromatic N) is 2. The monoisotopic (exact) mass is 382 g/mol. The van der Waals surface area contributed by atoms with E-state index in [1.165, 1.54) is 5.56 Å².